The van der Waals surface area contributed by atoms with Crippen molar-refractivity contribution in [3.63, 3.8) is 0 Å². The number of alkyl halides is 1. The van der Waals surface area contributed by atoms with E-state index >= 15 is 0 Å². The van der Waals surface area contributed by atoms with Gasteiger partial charge in [0, 0.05) is 11.9 Å². The van der Waals surface area contributed by atoms with Gasteiger partial charge in [0.1, 0.15) is 5.01 Å². The Labute approximate surface area is 129 Å². The second-order valence-electron chi connectivity index (χ2n) is 5.43. The molecular formula is C14H22ClN3OS. The average Bonchev–Trinajstić information content (AvgIpc) is 2.88. The largest absolute Gasteiger partial charge is 0.356 e. The third-order valence-corrected chi connectivity index (χ3v) is 4.93. The van der Waals surface area contributed by atoms with Gasteiger partial charge >= 0.3 is 0 Å². The first-order valence-corrected chi connectivity index (χ1v) is 8.53. The molecule has 1 amide bonds. The number of nitrogens with zero attached hydrogens (tertiary/aromatic N) is 2. The number of carbonyl (C=O) groups is 1. The number of nitrogens with one attached hydrogen (secondary N) is 1. The number of hydrogen-bond acceptors (Lipinski definition) is 4. The molecule has 1 aromatic rings. The number of hydrogen-bond donors (Lipinski definition) is 1. The van der Waals surface area contributed by atoms with Crippen molar-refractivity contribution >= 4 is 28.8 Å². The van der Waals surface area contributed by atoms with Crippen LogP contribution in [0.1, 0.15) is 30.0 Å². The first-order chi connectivity index (χ1) is 9.67. The summed E-state index contributed by atoms with van der Waals surface area (Å²) in [4.78, 5) is 18.5. The van der Waals surface area contributed by atoms with E-state index in [9.17, 15) is 4.79 Å². The molecule has 112 valence electrons. The molecule has 1 N–H and O–H groups in total. The maximum absolute atomic E-state index is 11.8. The maximum Gasteiger partial charge on any atom is 0.226 e. The van der Waals surface area contributed by atoms with Crippen molar-refractivity contribution in [2.24, 2.45) is 5.92 Å². The minimum atomic E-state index is 0.0633. The van der Waals surface area contributed by atoms with E-state index in [0.29, 0.717) is 12.3 Å². The zero-order chi connectivity index (χ0) is 14.4. The van der Waals surface area contributed by atoms with Gasteiger partial charge in [-0.15, -0.1) is 22.9 Å². The molecule has 1 saturated heterocycles. The summed E-state index contributed by atoms with van der Waals surface area (Å²) in [6.07, 6.45) is 3.95. The van der Waals surface area contributed by atoms with Crippen molar-refractivity contribution in [1.29, 1.82) is 0 Å². The molecular weight excluding hydrogens is 294 g/mol. The SMILES string of the molecule is CN1CCC(CCNC(=O)Cc2nc(CCl)cs2)CC1. The molecule has 0 saturated carbocycles. The molecule has 1 aromatic heterocycles. The van der Waals surface area contributed by atoms with E-state index in [2.05, 4.69) is 22.2 Å². The highest BCUT2D eigenvalue weighted by molar-refractivity contribution is 7.09. The summed E-state index contributed by atoms with van der Waals surface area (Å²) in [5, 5.41) is 5.75. The Hall–Kier alpha value is -0.650. The van der Waals surface area contributed by atoms with Crippen molar-refractivity contribution in [2.45, 2.75) is 31.6 Å². The second kappa shape index (κ2) is 7.96. The molecule has 0 radical (unpaired) electrons. The summed E-state index contributed by atoms with van der Waals surface area (Å²) in [5.74, 6) is 1.23. The second-order valence-corrected chi connectivity index (χ2v) is 6.64. The van der Waals surface area contributed by atoms with E-state index in [1.807, 2.05) is 5.38 Å². The molecule has 4 nitrogen and oxygen atoms in total. The number of thiazole rings is 1. The third kappa shape index (κ3) is 5.04. The summed E-state index contributed by atoms with van der Waals surface area (Å²) in [7, 11) is 2.17. The number of carbonyl (C=O) groups excluding carboxylic acids is 1. The first kappa shape index (κ1) is 15.7. The molecule has 1 fully saturated rings. The highest BCUT2D eigenvalue weighted by atomic mass is 35.5. The Morgan fingerprint density at radius 1 is 1.55 bits per heavy atom. The van der Waals surface area contributed by atoms with Crippen LogP contribution in [0.5, 0.6) is 0 Å². The van der Waals surface area contributed by atoms with Crippen LogP contribution in [-0.2, 0) is 17.1 Å². The predicted octanol–water partition coefficient (Wildman–Crippen LogP) is 2.27. The Kier molecular flexibility index (Phi) is 6.26. The lowest BCUT2D eigenvalue weighted by Crippen LogP contribution is -2.33. The average molecular weight is 316 g/mol. The Bertz CT molecular complexity index is 430. The number of rotatable bonds is 6. The lowest BCUT2D eigenvalue weighted by molar-refractivity contribution is -0.120. The van der Waals surface area contributed by atoms with Crippen LogP contribution in [-0.4, -0.2) is 42.5 Å². The molecule has 2 heterocycles. The van der Waals surface area contributed by atoms with Crippen molar-refractivity contribution in [3.8, 4) is 0 Å². The number of halogens is 1. The van der Waals surface area contributed by atoms with Crippen LogP contribution in [0.4, 0.5) is 0 Å². The zero-order valence-electron chi connectivity index (χ0n) is 11.9. The molecule has 1 aliphatic rings. The Morgan fingerprint density at radius 2 is 2.30 bits per heavy atom. The van der Waals surface area contributed by atoms with E-state index in [4.69, 9.17) is 11.6 Å². The molecule has 0 spiro atoms. The van der Waals surface area contributed by atoms with Gasteiger partial charge in [-0.1, -0.05) is 0 Å². The summed E-state index contributed by atoms with van der Waals surface area (Å²) in [5.41, 5.74) is 0.853. The number of piperidine rings is 1. The van der Waals surface area contributed by atoms with Crippen LogP contribution in [0.25, 0.3) is 0 Å². The molecule has 2 rings (SSSR count). The fourth-order valence-electron chi connectivity index (χ4n) is 2.46. The van der Waals surface area contributed by atoms with E-state index in [1.165, 1.54) is 37.3 Å². The molecule has 0 bridgehead atoms. The minimum Gasteiger partial charge on any atom is -0.356 e. The Morgan fingerprint density at radius 3 is 2.95 bits per heavy atom. The van der Waals surface area contributed by atoms with Crippen molar-refractivity contribution in [3.05, 3.63) is 16.1 Å². The molecule has 0 aromatic carbocycles. The lowest BCUT2D eigenvalue weighted by Gasteiger charge is -2.28. The predicted molar refractivity (Wildman–Crippen MR) is 83.2 cm³/mol. The van der Waals surface area contributed by atoms with Gasteiger partial charge in [-0.2, -0.15) is 0 Å². The summed E-state index contributed by atoms with van der Waals surface area (Å²) >= 11 is 7.20. The van der Waals surface area contributed by atoms with Gasteiger partial charge in [-0.25, -0.2) is 4.98 Å². The number of aromatic nitrogens is 1. The summed E-state index contributed by atoms with van der Waals surface area (Å²) in [6.45, 7) is 3.14. The van der Waals surface area contributed by atoms with Crippen LogP contribution < -0.4 is 5.32 Å². The normalized spacial score (nSPS) is 17.3. The Balaban J connectivity index is 1.62. The molecule has 0 atom stereocenters. The fourth-order valence-corrected chi connectivity index (χ4v) is 3.48. The quantitative estimate of drug-likeness (QED) is 0.819. The lowest BCUT2D eigenvalue weighted by atomic mass is 9.94. The molecule has 0 aliphatic carbocycles. The highest BCUT2D eigenvalue weighted by Gasteiger charge is 2.16. The van der Waals surface area contributed by atoms with Crippen LogP contribution in [0.2, 0.25) is 0 Å². The minimum absolute atomic E-state index is 0.0633. The van der Waals surface area contributed by atoms with E-state index < -0.39 is 0 Å². The zero-order valence-corrected chi connectivity index (χ0v) is 13.5. The third-order valence-electron chi connectivity index (χ3n) is 3.76. The van der Waals surface area contributed by atoms with Crippen LogP contribution in [0, 0.1) is 5.92 Å². The van der Waals surface area contributed by atoms with Crippen LogP contribution >= 0.6 is 22.9 Å². The number of likely N-dealkylation sites (tertiary alicyclic amines) is 1. The van der Waals surface area contributed by atoms with Gasteiger partial charge in [-0.3, -0.25) is 4.79 Å². The van der Waals surface area contributed by atoms with Gasteiger partial charge < -0.3 is 10.2 Å². The fraction of sp³-hybridized carbons (Fsp3) is 0.714. The van der Waals surface area contributed by atoms with E-state index in [1.54, 1.807) is 0 Å². The van der Waals surface area contributed by atoms with E-state index in [0.717, 1.165) is 29.6 Å². The van der Waals surface area contributed by atoms with Crippen LogP contribution in [0.15, 0.2) is 5.38 Å². The topological polar surface area (TPSA) is 45.2 Å². The van der Waals surface area contributed by atoms with Gasteiger partial charge in [0.05, 0.1) is 18.0 Å². The molecule has 6 heteroatoms. The van der Waals surface area contributed by atoms with Crippen molar-refractivity contribution < 1.29 is 4.79 Å². The van der Waals surface area contributed by atoms with Gasteiger partial charge in [-0.05, 0) is 45.3 Å². The molecule has 1 aliphatic heterocycles. The summed E-state index contributed by atoms with van der Waals surface area (Å²) in [6, 6.07) is 0. The van der Waals surface area contributed by atoms with Gasteiger partial charge in [0.25, 0.3) is 0 Å². The number of amides is 1. The van der Waals surface area contributed by atoms with Crippen molar-refractivity contribution in [2.75, 3.05) is 26.7 Å². The standard InChI is InChI=1S/C14H22ClN3OS/c1-18-6-3-11(4-7-18)2-5-16-13(19)8-14-17-12(9-15)10-20-14/h10-11H,2-9H2,1H3,(H,16,19). The highest BCUT2D eigenvalue weighted by Crippen LogP contribution is 2.18. The smallest absolute Gasteiger partial charge is 0.226 e. The van der Waals surface area contributed by atoms with Gasteiger partial charge in [0.2, 0.25) is 5.91 Å². The van der Waals surface area contributed by atoms with Gasteiger partial charge in [0.15, 0.2) is 0 Å². The summed E-state index contributed by atoms with van der Waals surface area (Å²) < 4.78 is 0. The molecule has 0 unspecified atom stereocenters. The maximum atomic E-state index is 11.8. The first-order valence-electron chi connectivity index (χ1n) is 7.12. The molecule has 20 heavy (non-hydrogen) atoms. The van der Waals surface area contributed by atoms with Crippen molar-refractivity contribution in [1.82, 2.24) is 15.2 Å². The van der Waals surface area contributed by atoms with E-state index in [-0.39, 0.29) is 5.91 Å². The monoisotopic (exact) mass is 315 g/mol. The van der Waals surface area contributed by atoms with Crippen LogP contribution in [0.3, 0.4) is 0 Å².